The smallest absolute Gasteiger partial charge is 0.282 e. The van der Waals surface area contributed by atoms with Crippen molar-refractivity contribution in [2.45, 2.75) is 13.3 Å². The summed E-state index contributed by atoms with van der Waals surface area (Å²) in [6.07, 6.45) is 0.891. The summed E-state index contributed by atoms with van der Waals surface area (Å²) in [4.78, 5) is 28.3. The van der Waals surface area contributed by atoms with Crippen LogP contribution in [0.25, 0.3) is 5.57 Å². The van der Waals surface area contributed by atoms with E-state index in [0.717, 1.165) is 6.42 Å². The molecule has 0 bridgehead atoms. The zero-order chi connectivity index (χ0) is 24.1. The van der Waals surface area contributed by atoms with Gasteiger partial charge in [-0.3, -0.25) is 9.59 Å². The number of para-hydroxylation sites is 1. The minimum absolute atomic E-state index is 0.155. The lowest BCUT2D eigenvalue weighted by molar-refractivity contribution is -0.120. The molecule has 7 nitrogen and oxygen atoms in total. The van der Waals surface area contributed by atoms with E-state index in [0.29, 0.717) is 40.8 Å². The lowest BCUT2D eigenvalue weighted by Gasteiger charge is -2.16. The number of nitrogens with one attached hydrogen (secondary N) is 1. The first-order valence-electron chi connectivity index (χ1n) is 11.0. The number of methoxy groups -OCH3 is 2. The maximum atomic E-state index is 13.6. The minimum atomic E-state index is -0.456. The third-order valence-electron chi connectivity index (χ3n) is 5.38. The molecule has 1 N–H and O–H groups in total. The van der Waals surface area contributed by atoms with Gasteiger partial charge in [0.05, 0.1) is 37.8 Å². The van der Waals surface area contributed by atoms with E-state index >= 15 is 0 Å². The molecule has 0 aliphatic carbocycles. The van der Waals surface area contributed by atoms with Crippen LogP contribution in [0.3, 0.4) is 0 Å². The first-order chi connectivity index (χ1) is 16.6. The van der Waals surface area contributed by atoms with Gasteiger partial charge in [0.2, 0.25) is 0 Å². The molecule has 2 amide bonds. The number of rotatable bonds is 9. The molecule has 0 fully saturated rings. The van der Waals surface area contributed by atoms with E-state index in [-0.39, 0.29) is 11.3 Å². The third kappa shape index (κ3) is 4.45. The van der Waals surface area contributed by atoms with Gasteiger partial charge in [-0.25, -0.2) is 4.90 Å². The molecule has 0 saturated carbocycles. The van der Waals surface area contributed by atoms with Gasteiger partial charge in [-0.1, -0.05) is 37.3 Å². The molecule has 3 aromatic carbocycles. The number of nitrogens with zero attached hydrogens (tertiary/aromatic N) is 1. The van der Waals surface area contributed by atoms with Crippen molar-refractivity contribution in [1.82, 2.24) is 0 Å². The van der Waals surface area contributed by atoms with Crippen LogP contribution in [-0.2, 0) is 9.59 Å². The Hall–Kier alpha value is -4.26. The normalized spacial score (nSPS) is 13.3. The molecule has 0 unspecified atom stereocenters. The Kier molecular flexibility index (Phi) is 6.82. The van der Waals surface area contributed by atoms with Crippen molar-refractivity contribution in [2.75, 3.05) is 31.0 Å². The van der Waals surface area contributed by atoms with E-state index in [1.54, 1.807) is 73.8 Å². The summed E-state index contributed by atoms with van der Waals surface area (Å²) in [5.74, 6) is 0.922. The van der Waals surface area contributed by atoms with Gasteiger partial charge in [0.25, 0.3) is 11.8 Å². The lowest BCUT2D eigenvalue weighted by atomic mass is 10.0. The first kappa shape index (κ1) is 22.9. The largest absolute Gasteiger partial charge is 0.497 e. The molecule has 4 rings (SSSR count). The predicted octanol–water partition coefficient (Wildman–Crippen LogP) is 4.89. The van der Waals surface area contributed by atoms with Crippen LogP contribution < -0.4 is 24.4 Å². The standard InChI is InChI=1S/C27H26N2O5/c1-4-16-34-20-12-10-18(11-13-20)24-25(28-22-17-21(32-2)14-15-23(22)33-3)27(31)29(26(24)30)19-8-6-5-7-9-19/h5-15,17,28H,4,16H2,1-3H3. The van der Waals surface area contributed by atoms with Gasteiger partial charge in [0.15, 0.2) is 0 Å². The Balaban J connectivity index is 1.80. The van der Waals surface area contributed by atoms with Gasteiger partial charge in [-0.05, 0) is 48.4 Å². The van der Waals surface area contributed by atoms with Crippen LogP contribution in [0.5, 0.6) is 17.2 Å². The number of amides is 2. The highest BCUT2D eigenvalue weighted by Gasteiger charge is 2.40. The van der Waals surface area contributed by atoms with E-state index in [2.05, 4.69) is 5.32 Å². The average molecular weight is 459 g/mol. The van der Waals surface area contributed by atoms with Crippen molar-refractivity contribution in [3.05, 3.63) is 84.1 Å². The van der Waals surface area contributed by atoms with Crippen molar-refractivity contribution in [1.29, 1.82) is 0 Å². The number of hydrogen-bond acceptors (Lipinski definition) is 6. The third-order valence-corrected chi connectivity index (χ3v) is 5.38. The van der Waals surface area contributed by atoms with Crippen molar-refractivity contribution in [2.24, 2.45) is 0 Å². The summed E-state index contributed by atoms with van der Waals surface area (Å²) in [5.41, 5.74) is 2.02. The van der Waals surface area contributed by atoms with Crippen molar-refractivity contribution < 1.29 is 23.8 Å². The van der Waals surface area contributed by atoms with Crippen LogP contribution in [-0.4, -0.2) is 32.6 Å². The summed E-state index contributed by atoms with van der Waals surface area (Å²) in [6, 6.07) is 21.2. The molecule has 0 radical (unpaired) electrons. The molecule has 3 aromatic rings. The molecular weight excluding hydrogens is 432 g/mol. The molecule has 34 heavy (non-hydrogen) atoms. The number of hydrogen-bond donors (Lipinski definition) is 1. The van der Waals surface area contributed by atoms with Gasteiger partial charge < -0.3 is 19.5 Å². The van der Waals surface area contributed by atoms with E-state index in [4.69, 9.17) is 14.2 Å². The zero-order valence-electron chi connectivity index (χ0n) is 19.3. The highest BCUT2D eigenvalue weighted by molar-refractivity contribution is 6.46. The Morgan fingerprint density at radius 2 is 1.53 bits per heavy atom. The van der Waals surface area contributed by atoms with Crippen LogP contribution in [0.15, 0.2) is 78.5 Å². The lowest BCUT2D eigenvalue weighted by Crippen LogP contribution is -2.32. The van der Waals surface area contributed by atoms with E-state index in [9.17, 15) is 9.59 Å². The molecule has 1 heterocycles. The van der Waals surface area contributed by atoms with Crippen LogP contribution in [0.2, 0.25) is 0 Å². The highest BCUT2D eigenvalue weighted by Crippen LogP contribution is 2.37. The SMILES string of the molecule is CCCOc1ccc(C2=C(Nc3cc(OC)ccc3OC)C(=O)N(c3ccccc3)C2=O)cc1. The molecule has 0 atom stereocenters. The second kappa shape index (κ2) is 10.1. The Morgan fingerprint density at radius 1 is 0.824 bits per heavy atom. The number of carbonyl (C=O) groups excluding carboxylic acids is 2. The second-order valence-electron chi connectivity index (χ2n) is 7.60. The average Bonchev–Trinajstić information content (AvgIpc) is 3.12. The minimum Gasteiger partial charge on any atom is -0.497 e. The van der Waals surface area contributed by atoms with Gasteiger partial charge in [0.1, 0.15) is 22.9 Å². The molecule has 0 saturated heterocycles. The van der Waals surface area contributed by atoms with Crippen molar-refractivity contribution >= 4 is 28.8 Å². The van der Waals surface area contributed by atoms with Gasteiger partial charge >= 0.3 is 0 Å². The maximum absolute atomic E-state index is 13.6. The quantitative estimate of drug-likeness (QED) is 0.460. The Morgan fingerprint density at radius 3 is 2.18 bits per heavy atom. The molecular formula is C27H26N2O5. The van der Waals surface area contributed by atoms with Crippen LogP contribution in [0.4, 0.5) is 11.4 Å². The van der Waals surface area contributed by atoms with E-state index in [1.807, 2.05) is 13.0 Å². The van der Waals surface area contributed by atoms with Crippen LogP contribution >= 0.6 is 0 Å². The summed E-state index contributed by atoms with van der Waals surface area (Å²) >= 11 is 0. The van der Waals surface area contributed by atoms with Crippen LogP contribution in [0, 0.1) is 0 Å². The predicted molar refractivity (Wildman–Crippen MR) is 131 cm³/mol. The van der Waals surface area contributed by atoms with E-state index in [1.165, 1.54) is 12.0 Å². The number of imide groups is 1. The number of ether oxygens (including phenoxy) is 3. The molecule has 1 aliphatic rings. The molecule has 174 valence electrons. The summed E-state index contributed by atoms with van der Waals surface area (Å²) in [5, 5.41) is 3.14. The summed E-state index contributed by atoms with van der Waals surface area (Å²) in [6.45, 7) is 2.63. The Labute approximate surface area is 198 Å². The molecule has 0 aromatic heterocycles. The van der Waals surface area contributed by atoms with Gasteiger partial charge in [-0.2, -0.15) is 0 Å². The fourth-order valence-corrected chi connectivity index (χ4v) is 3.71. The number of anilines is 2. The molecule has 0 spiro atoms. The van der Waals surface area contributed by atoms with Crippen LogP contribution in [0.1, 0.15) is 18.9 Å². The molecule has 1 aliphatic heterocycles. The van der Waals surface area contributed by atoms with Crippen molar-refractivity contribution in [3.8, 4) is 17.2 Å². The molecule has 7 heteroatoms. The fraction of sp³-hybridized carbons (Fsp3) is 0.185. The highest BCUT2D eigenvalue weighted by atomic mass is 16.5. The monoisotopic (exact) mass is 458 g/mol. The second-order valence-corrected chi connectivity index (χ2v) is 7.60. The maximum Gasteiger partial charge on any atom is 0.282 e. The number of benzene rings is 3. The number of carbonyl (C=O) groups is 2. The fourth-order valence-electron chi connectivity index (χ4n) is 3.71. The summed E-state index contributed by atoms with van der Waals surface area (Å²) < 4.78 is 16.4. The zero-order valence-corrected chi connectivity index (χ0v) is 19.3. The topological polar surface area (TPSA) is 77.1 Å². The van der Waals surface area contributed by atoms with E-state index < -0.39 is 11.8 Å². The Bertz CT molecular complexity index is 1220. The first-order valence-corrected chi connectivity index (χ1v) is 11.0. The van der Waals surface area contributed by atoms with Gasteiger partial charge in [-0.15, -0.1) is 0 Å². The van der Waals surface area contributed by atoms with Gasteiger partial charge in [0, 0.05) is 6.07 Å². The summed E-state index contributed by atoms with van der Waals surface area (Å²) in [7, 11) is 3.09. The van der Waals surface area contributed by atoms with Crippen molar-refractivity contribution in [3.63, 3.8) is 0 Å².